The van der Waals surface area contributed by atoms with E-state index in [-0.39, 0.29) is 16.9 Å². The first-order valence-electron chi connectivity index (χ1n) is 9.19. The molecule has 0 bridgehead atoms. The Morgan fingerprint density at radius 2 is 1.58 bits per heavy atom. The van der Waals surface area contributed by atoms with Crippen LogP contribution in [0.2, 0.25) is 0 Å². The predicted octanol–water partition coefficient (Wildman–Crippen LogP) is 5.42. The van der Waals surface area contributed by atoms with E-state index in [9.17, 15) is 0 Å². The maximum atomic E-state index is 6.18. The van der Waals surface area contributed by atoms with Crippen LogP contribution in [0.3, 0.4) is 0 Å². The summed E-state index contributed by atoms with van der Waals surface area (Å²) < 4.78 is 12.3. The van der Waals surface area contributed by atoms with E-state index < -0.39 is 5.79 Å². The highest BCUT2D eigenvalue weighted by atomic mass is 35.5. The molecule has 1 saturated heterocycles. The fourth-order valence-electron chi connectivity index (χ4n) is 4.23. The van der Waals surface area contributed by atoms with Gasteiger partial charge in [-0.3, -0.25) is 0 Å². The molecule has 0 spiro atoms. The smallest absolute Gasteiger partial charge is 0.192 e. The molecule has 1 aromatic rings. The van der Waals surface area contributed by atoms with Crippen molar-refractivity contribution in [1.82, 2.24) is 0 Å². The van der Waals surface area contributed by atoms with Gasteiger partial charge in [0.25, 0.3) is 0 Å². The molecule has 2 nitrogen and oxygen atoms in total. The number of fused-ring (bicyclic) bond motifs is 1. The maximum Gasteiger partial charge on any atom is 0.192 e. The zero-order chi connectivity index (χ0) is 17.8. The van der Waals surface area contributed by atoms with Gasteiger partial charge in [-0.25, -0.2) is 0 Å². The van der Waals surface area contributed by atoms with Crippen molar-refractivity contribution in [2.24, 2.45) is 0 Å². The van der Waals surface area contributed by atoms with Crippen LogP contribution in [0.25, 0.3) is 0 Å². The fraction of sp³-hybridized carbons (Fsp3) is 0.714. The molecule has 1 aromatic carbocycles. The number of alkyl halides is 1. The Hall–Kier alpha value is -0.570. The molecule has 2 aliphatic rings. The summed E-state index contributed by atoms with van der Waals surface area (Å²) in [6, 6.07) is 4.78. The van der Waals surface area contributed by atoms with Gasteiger partial charge in [0.05, 0.1) is 18.6 Å². The zero-order valence-electron chi connectivity index (χ0n) is 16.0. The lowest BCUT2D eigenvalue weighted by molar-refractivity contribution is -0.160. The van der Waals surface area contributed by atoms with Gasteiger partial charge in [0, 0.05) is 5.56 Å². The standard InChI is InChI=1S/C21H31ClO2/c1-7-14-10-17-18(20(4,5)9-8-19(17,2)3)11-16(14)21(6)23-13-15(12-22)24-21/h10-11,15H,7-9,12-13H2,1-6H3/t15-,21-/m1/s1. The second-order valence-corrected chi connectivity index (χ2v) is 9.14. The lowest BCUT2D eigenvalue weighted by Gasteiger charge is -2.43. The minimum Gasteiger partial charge on any atom is -0.343 e. The molecule has 0 N–H and O–H groups in total. The number of hydrogen-bond acceptors (Lipinski definition) is 2. The van der Waals surface area contributed by atoms with Crippen molar-refractivity contribution in [3.63, 3.8) is 0 Å². The molecular weight excluding hydrogens is 320 g/mol. The molecule has 3 heteroatoms. The van der Waals surface area contributed by atoms with Gasteiger partial charge < -0.3 is 9.47 Å². The van der Waals surface area contributed by atoms with E-state index >= 15 is 0 Å². The summed E-state index contributed by atoms with van der Waals surface area (Å²) in [6.45, 7) is 14.3. The van der Waals surface area contributed by atoms with Gasteiger partial charge in [-0.1, -0.05) is 40.7 Å². The zero-order valence-corrected chi connectivity index (χ0v) is 16.7. The van der Waals surface area contributed by atoms with E-state index in [1.165, 1.54) is 35.1 Å². The third-order valence-corrected chi connectivity index (χ3v) is 6.40. The number of halogens is 1. The average molecular weight is 351 g/mol. The molecule has 1 aliphatic heterocycles. The number of benzene rings is 1. The highest BCUT2D eigenvalue weighted by Crippen LogP contribution is 2.48. The molecule has 1 fully saturated rings. The number of ether oxygens (including phenoxy) is 2. The van der Waals surface area contributed by atoms with Gasteiger partial charge in [0.15, 0.2) is 5.79 Å². The lowest BCUT2D eigenvalue weighted by atomic mass is 9.62. The van der Waals surface area contributed by atoms with Gasteiger partial charge in [0.1, 0.15) is 0 Å². The van der Waals surface area contributed by atoms with E-state index in [0.29, 0.717) is 12.5 Å². The lowest BCUT2D eigenvalue weighted by Crippen LogP contribution is -2.35. The number of rotatable bonds is 3. The Labute approximate surface area is 151 Å². The van der Waals surface area contributed by atoms with Crippen LogP contribution in [-0.4, -0.2) is 18.6 Å². The summed E-state index contributed by atoms with van der Waals surface area (Å²) >= 11 is 5.99. The van der Waals surface area contributed by atoms with Crippen LogP contribution in [0.15, 0.2) is 12.1 Å². The SMILES string of the molecule is CCc1cc2c(cc1[C@]1(C)OC[C@@H](CCl)O1)C(C)(C)CCC2(C)C. The topological polar surface area (TPSA) is 18.5 Å². The largest absolute Gasteiger partial charge is 0.343 e. The van der Waals surface area contributed by atoms with E-state index in [0.717, 1.165) is 6.42 Å². The van der Waals surface area contributed by atoms with Crippen LogP contribution < -0.4 is 0 Å². The van der Waals surface area contributed by atoms with Crippen molar-refractivity contribution in [3.8, 4) is 0 Å². The number of aryl methyl sites for hydroxylation is 1. The van der Waals surface area contributed by atoms with Crippen LogP contribution in [0, 0.1) is 0 Å². The summed E-state index contributed by atoms with van der Waals surface area (Å²) in [6.07, 6.45) is 3.39. The Balaban J connectivity index is 2.15. The third kappa shape index (κ3) is 2.91. The summed E-state index contributed by atoms with van der Waals surface area (Å²) in [5.74, 6) is -0.210. The van der Waals surface area contributed by atoms with Crippen molar-refractivity contribution in [1.29, 1.82) is 0 Å². The van der Waals surface area contributed by atoms with Gasteiger partial charge in [-0.15, -0.1) is 11.6 Å². The molecule has 0 unspecified atom stereocenters. The Kier molecular flexibility index (Phi) is 4.56. The van der Waals surface area contributed by atoms with E-state index in [2.05, 4.69) is 46.8 Å². The third-order valence-electron chi connectivity index (χ3n) is 6.06. The monoisotopic (exact) mass is 350 g/mol. The molecule has 3 rings (SSSR count). The maximum absolute atomic E-state index is 6.18. The summed E-state index contributed by atoms with van der Waals surface area (Å²) in [5.41, 5.74) is 5.87. The van der Waals surface area contributed by atoms with Crippen molar-refractivity contribution in [2.75, 3.05) is 12.5 Å². The molecule has 1 aliphatic carbocycles. The van der Waals surface area contributed by atoms with E-state index in [1.807, 2.05) is 6.92 Å². The Bertz CT molecular complexity index is 635. The van der Waals surface area contributed by atoms with Crippen LogP contribution in [0.1, 0.15) is 76.6 Å². The normalized spacial score (nSPS) is 31.0. The molecule has 0 aromatic heterocycles. The van der Waals surface area contributed by atoms with Crippen molar-refractivity contribution < 1.29 is 9.47 Å². The quantitative estimate of drug-likeness (QED) is 0.677. The van der Waals surface area contributed by atoms with Crippen LogP contribution in [0.4, 0.5) is 0 Å². The van der Waals surface area contributed by atoms with Gasteiger partial charge in [0.2, 0.25) is 0 Å². The number of hydrogen-bond donors (Lipinski definition) is 0. The fourth-order valence-corrected chi connectivity index (χ4v) is 4.38. The van der Waals surface area contributed by atoms with Crippen LogP contribution in [-0.2, 0) is 32.5 Å². The Morgan fingerprint density at radius 3 is 2.08 bits per heavy atom. The van der Waals surface area contributed by atoms with E-state index in [1.54, 1.807) is 0 Å². The van der Waals surface area contributed by atoms with Gasteiger partial charge in [-0.05, 0) is 59.8 Å². The highest BCUT2D eigenvalue weighted by molar-refractivity contribution is 6.18. The summed E-state index contributed by atoms with van der Waals surface area (Å²) in [4.78, 5) is 0. The van der Waals surface area contributed by atoms with Gasteiger partial charge >= 0.3 is 0 Å². The molecule has 134 valence electrons. The van der Waals surface area contributed by atoms with Crippen LogP contribution >= 0.6 is 11.6 Å². The minimum atomic E-state index is -0.683. The van der Waals surface area contributed by atoms with E-state index in [4.69, 9.17) is 21.1 Å². The molecule has 0 saturated carbocycles. The molecular formula is C21H31ClO2. The van der Waals surface area contributed by atoms with Crippen LogP contribution in [0.5, 0.6) is 0 Å². The average Bonchev–Trinajstić information content (AvgIpc) is 2.93. The van der Waals surface area contributed by atoms with Crippen molar-refractivity contribution >= 4 is 11.6 Å². The highest BCUT2D eigenvalue weighted by Gasteiger charge is 2.43. The van der Waals surface area contributed by atoms with Gasteiger partial charge in [-0.2, -0.15) is 0 Å². The molecule has 0 radical (unpaired) electrons. The molecule has 24 heavy (non-hydrogen) atoms. The second kappa shape index (κ2) is 6.00. The first-order valence-corrected chi connectivity index (χ1v) is 9.72. The summed E-state index contributed by atoms with van der Waals surface area (Å²) in [5, 5.41) is 0. The molecule has 0 amide bonds. The molecule has 1 heterocycles. The molecule has 2 atom stereocenters. The predicted molar refractivity (Wildman–Crippen MR) is 100 cm³/mol. The first-order chi connectivity index (χ1) is 11.1. The van der Waals surface area contributed by atoms with Crippen molar-refractivity contribution in [3.05, 3.63) is 34.4 Å². The Morgan fingerprint density at radius 1 is 1.00 bits per heavy atom. The second-order valence-electron chi connectivity index (χ2n) is 8.83. The van der Waals surface area contributed by atoms with Crippen molar-refractivity contribution in [2.45, 2.75) is 83.5 Å². The first kappa shape index (κ1) is 18.2. The minimum absolute atomic E-state index is 0.0261. The summed E-state index contributed by atoms with van der Waals surface area (Å²) in [7, 11) is 0.